The fraction of sp³-hybridized carbons (Fsp3) is 0.385. The number of carbonyl (C=O) groups is 1. The fourth-order valence-corrected chi connectivity index (χ4v) is 3.69. The number of aromatic nitrogens is 2. The van der Waals surface area contributed by atoms with E-state index in [1.165, 1.54) is 4.88 Å². The van der Waals surface area contributed by atoms with E-state index in [2.05, 4.69) is 10.3 Å². The van der Waals surface area contributed by atoms with Crippen LogP contribution in [0.3, 0.4) is 0 Å². The Morgan fingerprint density at radius 3 is 3.10 bits per heavy atom. The van der Waals surface area contributed by atoms with Gasteiger partial charge in [-0.3, -0.25) is 4.79 Å². The first kappa shape index (κ1) is 15.4. The minimum Gasteiger partial charge on any atom is -0.355 e. The summed E-state index contributed by atoms with van der Waals surface area (Å²) in [7, 11) is 0. The van der Waals surface area contributed by atoms with Crippen molar-refractivity contribution in [2.45, 2.75) is 18.7 Å². The van der Waals surface area contributed by atoms with Gasteiger partial charge in [0.25, 0.3) is 0 Å². The Balaban J connectivity index is 1.52. The predicted molar refractivity (Wildman–Crippen MR) is 85.3 cm³/mol. The van der Waals surface area contributed by atoms with Gasteiger partial charge >= 0.3 is 0 Å². The Hall–Kier alpha value is -0.980. The van der Waals surface area contributed by atoms with Gasteiger partial charge in [-0.05, 0) is 18.6 Å². The van der Waals surface area contributed by atoms with Crippen LogP contribution in [0, 0.1) is 0 Å². The van der Waals surface area contributed by atoms with Gasteiger partial charge < -0.3 is 9.88 Å². The largest absolute Gasteiger partial charge is 0.355 e. The molecule has 0 aliphatic rings. The third-order valence-electron chi connectivity index (χ3n) is 2.58. The molecule has 0 aliphatic carbocycles. The molecule has 1 N–H and O–H groups in total. The lowest BCUT2D eigenvalue weighted by Gasteiger charge is -2.05. The molecule has 0 unspecified atom stereocenters. The first-order valence-electron chi connectivity index (χ1n) is 6.28. The third-order valence-corrected chi connectivity index (χ3v) is 4.98. The summed E-state index contributed by atoms with van der Waals surface area (Å²) in [5, 5.41) is 2.92. The fourth-order valence-electron chi connectivity index (χ4n) is 1.63. The van der Waals surface area contributed by atoms with Gasteiger partial charge in [0.15, 0.2) is 0 Å². The third kappa shape index (κ3) is 5.56. The van der Waals surface area contributed by atoms with E-state index < -0.39 is 0 Å². The Bertz CT molecular complexity index is 527. The highest BCUT2D eigenvalue weighted by Gasteiger charge is 2.03. The van der Waals surface area contributed by atoms with Crippen molar-refractivity contribution in [3.63, 3.8) is 0 Å². The van der Waals surface area contributed by atoms with Gasteiger partial charge in [0.2, 0.25) is 5.91 Å². The number of nitrogens with one attached hydrogen (secondary N) is 1. The highest BCUT2D eigenvalue weighted by atomic mass is 35.5. The predicted octanol–water partition coefficient (Wildman–Crippen LogP) is 3.04. The van der Waals surface area contributed by atoms with Gasteiger partial charge in [-0.25, -0.2) is 4.98 Å². The zero-order chi connectivity index (χ0) is 14.2. The second-order valence-electron chi connectivity index (χ2n) is 4.20. The Kier molecular flexibility index (Phi) is 6.42. The van der Waals surface area contributed by atoms with E-state index in [9.17, 15) is 4.79 Å². The molecule has 0 fully saturated rings. The van der Waals surface area contributed by atoms with Crippen LogP contribution < -0.4 is 5.32 Å². The van der Waals surface area contributed by atoms with Crippen molar-refractivity contribution in [2.24, 2.45) is 0 Å². The molecule has 2 aromatic rings. The standard InChI is InChI=1S/C13H16ClN3OS2/c14-12-3-2-11(20-12)8-19-9-13(18)16-4-1-6-17-7-5-15-10-17/h2-3,5,7,10H,1,4,6,8-9H2,(H,16,18). The molecule has 4 nitrogen and oxygen atoms in total. The number of rotatable bonds is 8. The molecule has 20 heavy (non-hydrogen) atoms. The van der Waals surface area contributed by atoms with Crippen molar-refractivity contribution in [2.75, 3.05) is 12.3 Å². The molecule has 108 valence electrons. The SMILES string of the molecule is O=C(CSCc1ccc(Cl)s1)NCCCn1ccnc1. The second-order valence-corrected chi connectivity index (χ2v) is 6.99. The number of amides is 1. The van der Waals surface area contributed by atoms with Gasteiger partial charge in [0.05, 0.1) is 16.4 Å². The van der Waals surface area contributed by atoms with Crippen molar-refractivity contribution in [1.29, 1.82) is 0 Å². The molecule has 0 aliphatic heterocycles. The molecule has 2 heterocycles. The van der Waals surface area contributed by atoms with Crippen LogP contribution in [0.15, 0.2) is 30.9 Å². The van der Waals surface area contributed by atoms with Crippen molar-refractivity contribution < 1.29 is 4.79 Å². The number of nitrogens with zero attached hydrogens (tertiary/aromatic N) is 2. The van der Waals surface area contributed by atoms with E-state index in [1.54, 1.807) is 35.6 Å². The smallest absolute Gasteiger partial charge is 0.230 e. The molecule has 1 amide bonds. The lowest BCUT2D eigenvalue weighted by atomic mass is 10.4. The second kappa shape index (κ2) is 8.34. The van der Waals surface area contributed by atoms with Gasteiger partial charge in [0.1, 0.15) is 0 Å². The van der Waals surface area contributed by atoms with Gasteiger partial charge in [-0.15, -0.1) is 23.1 Å². The first-order chi connectivity index (χ1) is 9.74. The molecular weight excluding hydrogens is 314 g/mol. The number of imidazole rings is 1. The highest BCUT2D eigenvalue weighted by Crippen LogP contribution is 2.24. The van der Waals surface area contributed by atoms with E-state index in [0.29, 0.717) is 12.3 Å². The first-order valence-corrected chi connectivity index (χ1v) is 8.63. The number of aryl methyl sites for hydroxylation is 1. The van der Waals surface area contributed by atoms with Crippen LogP contribution in [0.2, 0.25) is 4.34 Å². The summed E-state index contributed by atoms with van der Waals surface area (Å²) in [5.74, 6) is 1.41. The summed E-state index contributed by atoms with van der Waals surface area (Å²) in [6.07, 6.45) is 6.37. The molecule has 0 saturated carbocycles. The summed E-state index contributed by atoms with van der Waals surface area (Å²) in [5.41, 5.74) is 0. The van der Waals surface area contributed by atoms with E-state index >= 15 is 0 Å². The Morgan fingerprint density at radius 2 is 2.40 bits per heavy atom. The summed E-state index contributed by atoms with van der Waals surface area (Å²) >= 11 is 9.02. The maximum Gasteiger partial charge on any atom is 0.230 e. The molecule has 0 saturated heterocycles. The summed E-state index contributed by atoms with van der Waals surface area (Å²) in [6.45, 7) is 1.57. The Labute approximate surface area is 131 Å². The zero-order valence-electron chi connectivity index (χ0n) is 10.9. The zero-order valence-corrected chi connectivity index (χ0v) is 13.3. The van der Waals surface area contributed by atoms with E-state index in [0.717, 1.165) is 23.1 Å². The molecule has 7 heteroatoms. The van der Waals surface area contributed by atoms with Gasteiger partial charge in [0, 0.05) is 36.1 Å². The molecule has 2 rings (SSSR count). The number of hydrogen-bond acceptors (Lipinski definition) is 4. The van der Waals surface area contributed by atoms with Crippen LogP contribution in [0.4, 0.5) is 0 Å². The average Bonchev–Trinajstić information content (AvgIpc) is 3.06. The van der Waals surface area contributed by atoms with E-state index in [-0.39, 0.29) is 5.91 Å². The molecule has 0 atom stereocenters. The lowest BCUT2D eigenvalue weighted by Crippen LogP contribution is -2.26. The number of carbonyl (C=O) groups excluding carboxylic acids is 1. The van der Waals surface area contributed by atoms with Crippen molar-refractivity contribution in [3.05, 3.63) is 40.1 Å². The average molecular weight is 330 g/mol. The van der Waals surface area contributed by atoms with Crippen LogP contribution in [0.25, 0.3) is 0 Å². The monoisotopic (exact) mass is 329 g/mol. The molecule has 0 spiro atoms. The molecular formula is C13H16ClN3OS2. The van der Waals surface area contributed by atoms with Crippen LogP contribution in [0.5, 0.6) is 0 Å². The van der Waals surface area contributed by atoms with Crippen molar-refractivity contribution in [3.8, 4) is 0 Å². The summed E-state index contributed by atoms with van der Waals surface area (Å²) < 4.78 is 2.80. The number of thiophene rings is 1. The lowest BCUT2D eigenvalue weighted by molar-refractivity contribution is -0.118. The normalized spacial score (nSPS) is 10.7. The Morgan fingerprint density at radius 1 is 1.50 bits per heavy atom. The maximum absolute atomic E-state index is 11.6. The van der Waals surface area contributed by atoms with Crippen molar-refractivity contribution >= 4 is 40.6 Å². The quantitative estimate of drug-likeness (QED) is 0.757. The minimum absolute atomic E-state index is 0.0864. The molecule has 2 aromatic heterocycles. The van der Waals surface area contributed by atoms with Gasteiger partial charge in [-0.1, -0.05) is 11.6 Å². The maximum atomic E-state index is 11.6. The number of halogens is 1. The number of hydrogen-bond donors (Lipinski definition) is 1. The summed E-state index contributed by atoms with van der Waals surface area (Å²) in [6, 6.07) is 3.89. The van der Waals surface area contributed by atoms with Crippen LogP contribution in [0.1, 0.15) is 11.3 Å². The van der Waals surface area contributed by atoms with Crippen molar-refractivity contribution in [1.82, 2.24) is 14.9 Å². The topological polar surface area (TPSA) is 46.9 Å². The summed E-state index contributed by atoms with van der Waals surface area (Å²) in [4.78, 5) is 16.8. The molecule has 0 radical (unpaired) electrons. The highest BCUT2D eigenvalue weighted by molar-refractivity contribution is 7.99. The van der Waals surface area contributed by atoms with Crippen LogP contribution in [-0.2, 0) is 17.1 Å². The minimum atomic E-state index is 0.0864. The molecule has 0 aromatic carbocycles. The van der Waals surface area contributed by atoms with Gasteiger partial charge in [-0.2, -0.15) is 0 Å². The van der Waals surface area contributed by atoms with Crippen LogP contribution >= 0.6 is 34.7 Å². The molecule has 0 bridgehead atoms. The van der Waals surface area contributed by atoms with E-state index in [4.69, 9.17) is 11.6 Å². The van der Waals surface area contributed by atoms with Crippen LogP contribution in [-0.4, -0.2) is 27.8 Å². The van der Waals surface area contributed by atoms with E-state index in [1.807, 2.05) is 22.9 Å². The number of thioether (sulfide) groups is 1.